The lowest BCUT2D eigenvalue weighted by molar-refractivity contribution is -0.116. The number of benzene rings is 3. The lowest BCUT2D eigenvalue weighted by Gasteiger charge is -2.24. The zero-order valence-corrected chi connectivity index (χ0v) is 23.3. The predicted molar refractivity (Wildman–Crippen MR) is 152 cm³/mol. The van der Waals surface area contributed by atoms with Crippen LogP contribution in [0.5, 0.6) is 0 Å². The molecular weight excluding hydrogens is 555 g/mol. The van der Waals surface area contributed by atoms with Gasteiger partial charge in [0.05, 0.1) is 28.9 Å². The number of aryl methyl sites for hydroxylation is 1. The van der Waals surface area contributed by atoms with Crippen molar-refractivity contribution in [1.29, 1.82) is 0 Å². The van der Waals surface area contributed by atoms with Gasteiger partial charge in [0.2, 0.25) is 21.9 Å². The number of aromatic nitrogens is 2. The van der Waals surface area contributed by atoms with Gasteiger partial charge in [-0.1, -0.05) is 48.0 Å². The molecule has 0 aliphatic carbocycles. The van der Waals surface area contributed by atoms with E-state index >= 15 is 0 Å². The quantitative estimate of drug-likeness (QED) is 0.283. The lowest BCUT2D eigenvalue weighted by Crippen LogP contribution is -2.42. The molecule has 1 amide bonds. The van der Waals surface area contributed by atoms with Gasteiger partial charge in [0, 0.05) is 29.9 Å². The minimum absolute atomic E-state index is 0.0191. The van der Waals surface area contributed by atoms with Gasteiger partial charge in [-0.3, -0.25) is 14.7 Å². The number of carbonyl (C=O) groups is 1. The number of carbonyl (C=O) groups excluding carboxylic acids is 1. The Bertz CT molecular complexity index is 1610. The topological polar surface area (TPSA) is 93.5 Å². The Morgan fingerprint density at radius 2 is 1.90 bits per heavy atom. The molecular formula is C29H28ClFN4O4S. The molecule has 1 aliphatic heterocycles. The van der Waals surface area contributed by atoms with E-state index in [0.29, 0.717) is 35.0 Å². The summed E-state index contributed by atoms with van der Waals surface area (Å²) in [5.74, 6) is -0.871. The number of nitrogens with zero attached hydrogens (tertiary/aromatic N) is 3. The minimum atomic E-state index is -4.05. The number of nitrogens with one attached hydrogen (secondary N) is 1. The fourth-order valence-electron chi connectivity index (χ4n) is 4.49. The number of anilines is 1. The van der Waals surface area contributed by atoms with Crippen LogP contribution < -0.4 is 5.32 Å². The summed E-state index contributed by atoms with van der Waals surface area (Å²) in [7, 11) is -4.05. The maximum atomic E-state index is 14.5. The van der Waals surface area contributed by atoms with Crippen molar-refractivity contribution in [2.24, 2.45) is 0 Å². The zero-order chi connectivity index (χ0) is 28.3. The predicted octanol–water partition coefficient (Wildman–Crippen LogP) is 5.45. The van der Waals surface area contributed by atoms with Crippen molar-refractivity contribution in [3.05, 3.63) is 95.4 Å². The standard InChI is InChI=1S/C29H28ClFN4O4S/c1-20-9-12-23(16-26(20)31)35-18-27(21-6-3-2-4-7-21)32-29(35)33-28(36)19-34(17-24-8-5-15-39-24)40(37,38)25-13-10-22(30)11-14-25/h2-4,6-7,9-14,16,18,24H,5,8,15,17,19H2,1H3,(H,32,33,36). The molecule has 0 spiro atoms. The number of hydrogen-bond acceptors (Lipinski definition) is 5. The average molecular weight is 583 g/mol. The highest BCUT2D eigenvalue weighted by Gasteiger charge is 2.31. The first kappa shape index (κ1) is 28.0. The summed E-state index contributed by atoms with van der Waals surface area (Å²) in [6.45, 7) is 1.75. The van der Waals surface area contributed by atoms with E-state index in [1.165, 1.54) is 30.3 Å². The number of halogens is 2. The van der Waals surface area contributed by atoms with Crippen LogP contribution in [0.25, 0.3) is 16.9 Å². The lowest BCUT2D eigenvalue weighted by atomic mass is 10.2. The molecule has 1 aromatic heterocycles. The molecule has 11 heteroatoms. The first-order valence-corrected chi connectivity index (χ1v) is 14.6. The molecule has 8 nitrogen and oxygen atoms in total. The fraction of sp³-hybridized carbons (Fsp3) is 0.241. The first-order valence-electron chi connectivity index (χ1n) is 12.8. The SMILES string of the molecule is Cc1ccc(-n2cc(-c3ccccc3)nc2NC(=O)CN(CC2CCCO2)S(=O)(=O)c2ccc(Cl)cc2)cc1F. The van der Waals surface area contributed by atoms with Crippen molar-refractivity contribution in [3.8, 4) is 16.9 Å². The maximum Gasteiger partial charge on any atom is 0.243 e. The molecule has 1 atom stereocenters. The third-order valence-corrected chi connectivity index (χ3v) is 8.74. The number of imidazole rings is 1. The molecule has 40 heavy (non-hydrogen) atoms. The van der Waals surface area contributed by atoms with Crippen LogP contribution in [0.3, 0.4) is 0 Å². The first-order chi connectivity index (χ1) is 19.2. The van der Waals surface area contributed by atoms with E-state index in [4.69, 9.17) is 16.3 Å². The van der Waals surface area contributed by atoms with Gasteiger partial charge in [-0.05, 0) is 61.7 Å². The Kier molecular flexibility index (Phi) is 8.32. The highest BCUT2D eigenvalue weighted by molar-refractivity contribution is 7.89. The molecule has 0 saturated carbocycles. The summed E-state index contributed by atoms with van der Waals surface area (Å²) in [4.78, 5) is 18.0. The summed E-state index contributed by atoms with van der Waals surface area (Å²) in [5, 5.41) is 3.14. The van der Waals surface area contributed by atoms with E-state index in [1.807, 2.05) is 30.3 Å². The summed E-state index contributed by atoms with van der Waals surface area (Å²) in [5.41, 5.74) is 2.30. The highest BCUT2D eigenvalue weighted by atomic mass is 35.5. The van der Waals surface area contributed by atoms with Crippen molar-refractivity contribution >= 4 is 33.5 Å². The summed E-state index contributed by atoms with van der Waals surface area (Å²) >= 11 is 5.96. The van der Waals surface area contributed by atoms with Gasteiger partial charge in [-0.15, -0.1) is 0 Å². The third kappa shape index (κ3) is 6.26. The number of rotatable bonds is 9. The van der Waals surface area contributed by atoms with Crippen molar-refractivity contribution in [2.75, 3.05) is 25.0 Å². The van der Waals surface area contributed by atoms with E-state index in [9.17, 15) is 17.6 Å². The number of amides is 1. The largest absolute Gasteiger partial charge is 0.377 e. The molecule has 1 N–H and O–H groups in total. The molecule has 0 radical (unpaired) electrons. The summed E-state index contributed by atoms with van der Waals surface area (Å²) in [6.07, 6.45) is 2.89. The Morgan fingerprint density at radius 3 is 2.58 bits per heavy atom. The molecule has 208 valence electrons. The van der Waals surface area contributed by atoms with Crippen molar-refractivity contribution < 1.29 is 22.3 Å². The molecule has 5 rings (SSSR count). The van der Waals surface area contributed by atoms with Gasteiger partial charge >= 0.3 is 0 Å². The van der Waals surface area contributed by atoms with E-state index in [2.05, 4.69) is 10.3 Å². The van der Waals surface area contributed by atoms with Crippen LogP contribution >= 0.6 is 11.6 Å². The second-order valence-electron chi connectivity index (χ2n) is 9.55. The third-order valence-electron chi connectivity index (χ3n) is 6.66. The van der Waals surface area contributed by atoms with Gasteiger partial charge in [-0.25, -0.2) is 17.8 Å². The Morgan fingerprint density at radius 1 is 1.15 bits per heavy atom. The number of ether oxygens (including phenoxy) is 1. The van der Waals surface area contributed by atoms with Gasteiger partial charge < -0.3 is 4.74 Å². The van der Waals surface area contributed by atoms with Crippen molar-refractivity contribution in [1.82, 2.24) is 13.9 Å². The Labute approximate surface area is 237 Å². The smallest absolute Gasteiger partial charge is 0.243 e. The van der Waals surface area contributed by atoms with Crippen molar-refractivity contribution in [2.45, 2.75) is 30.8 Å². The van der Waals surface area contributed by atoms with Crippen molar-refractivity contribution in [3.63, 3.8) is 0 Å². The van der Waals surface area contributed by atoms with E-state index < -0.39 is 28.3 Å². The van der Waals surface area contributed by atoms with Crippen LogP contribution in [0.15, 0.2) is 83.9 Å². The highest BCUT2D eigenvalue weighted by Crippen LogP contribution is 2.26. The molecule has 0 bridgehead atoms. The normalized spacial score (nSPS) is 15.4. The second-order valence-corrected chi connectivity index (χ2v) is 11.9. The molecule has 1 unspecified atom stereocenters. The number of sulfonamides is 1. The molecule has 2 heterocycles. The summed E-state index contributed by atoms with van der Waals surface area (Å²) < 4.78 is 49.9. The van der Waals surface area contributed by atoms with Crippen LogP contribution in [0.4, 0.5) is 10.3 Å². The van der Waals surface area contributed by atoms with Gasteiger partial charge in [-0.2, -0.15) is 4.31 Å². The maximum absolute atomic E-state index is 14.5. The summed E-state index contributed by atoms with van der Waals surface area (Å²) in [6, 6.07) is 19.9. The van der Waals surface area contributed by atoms with E-state index in [-0.39, 0.29) is 23.5 Å². The van der Waals surface area contributed by atoms with Gasteiger partial charge in [0.15, 0.2) is 0 Å². The molecule has 1 aliphatic rings. The molecule has 3 aromatic carbocycles. The number of hydrogen-bond donors (Lipinski definition) is 1. The van der Waals surface area contributed by atoms with E-state index in [0.717, 1.165) is 16.3 Å². The van der Waals surface area contributed by atoms with Crippen LogP contribution in [0.1, 0.15) is 18.4 Å². The molecule has 4 aromatic rings. The molecule has 1 fully saturated rings. The second kappa shape index (κ2) is 11.9. The van der Waals surface area contributed by atoms with Crippen LogP contribution in [0.2, 0.25) is 5.02 Å². The zero-order valence-electron chi connectivity index (χ0n) is 21.8. The van der Waals surface area contributed by atoms with Gasteiger partial charge in [0.1, 0.15) is 5.82 Å². The van der Waals surface area contributed by atoms with Gasteiger partial charge in [0.25, 0.3) is 0 Å². The fourth-order valence-corrected chi connectivity index (χ4v) is 6.04. The Hall–Kier alpha value is -3.57. The monoisotopic (exact) mass is 582 g/mol. The minimum Gasteiger partial charge on any atom is -0.377 e. The van der Waals surface area contributed by atoms with Crippen LogP contribution in [-0.2, 0) is 19.6 Å². The van der Waals surface area contributed by atoms with Crippen LogP contribution in [-0.4, -0.2) is 54.0 Å². The Balaban J connectivity index is 1.45. The average Bonchev–Trinajstić information content (AvgIpc) is 3.61. The van der Waals surface area contributed by atoms with E-state index in [1.54, 1.807) is 29.8 Å². The van der Waals surface area contributed by atoms with Crippen LogP contribution in [0, 0.1) is 12.7 Å². The molecule has 1 saturated heterocycles.